The Morgan fingerprint density at radius 1 is 1.03 bits per heavy atom. The van der Waals surface area contributed by atoms with Crippen molar-refractivity contribution >= 4 is 16.8 Å². The predicted molar refractivity (Wildman–Crippen MR) is 113 cm³/mol. The van der Waals surface area contributed by atoms with Crippen LogP contribution in [-0.2, 0) is 17.9 Å². The van der Waals surface area contributed by atoms with Crippen molar-refractivity contribution in [2.45, 2.75) is 20.0 Å². The molecule has 0 bridgehead atoms. The Labute approximate surface area is 174 Å². The number of fused-ring (bicyclic) bond motifs is 1. The van der Waals surface area contributed by atoms with Crippen molar-refractivity contribution < 1.29 is 9.53 Å². The van der Waals surface area contributed by atoms with E-state index in [1.165, 1.54) is 5.56 Å². The van der Waals surface area contributed by atoms with Gasteiger partial charge >= 0.3 is 0 Å². The largest absolute Gasteiger partial charge is 0.494 e. The molecule has 0 saturated carbocycles. The van der Waals surface area contributed by atoms with Crippen LogP contribution in [0, 0.1) is 0 Å². The molecule has 8 heteroatoms. The van der Waals surface area contributed by atoms with Gasteiger partial charge in [-0.3, -0.25) is 14.5 Å². The first kappa shape index (κ1) is 20.0. The van der Waals surface area contributed by atoms with Crippen LogP contribution in [0.4, 0.5) is 0 Å². The van der Waals surface area contributed by atoms with Crippen LogP contribution in [0.5, 0.6) is 5.75 Å². The quantitative estimate of drug-likeness (QED) is 0.617. The highest BCUT2D eigenvalue weighted by Crippen LogP contribution is 2.15. The molecule has 4 rings (SSSR count). The van der Waals surface area contributed by atoms with E-state index in [1.54, 1.807) is 29.2 Å². The molecule has 3 aromatic rings. The van der Waals surface area contributed by atoms with Gasteiger partial charge in [-0.15, -0.1) is 5.10 Å². The van der Waals surface area contributed by atoms with Gasteiger partial charge in [0.05, 0.1) is 12.0 Å². The third-order valence-electron chi connectivity index (χ3n) is 5.28. The zero-order chi connectivity index (χ0) is 20.9. The highest BCUT2D eigenvalue weighted by molar-refractivity contribution is 5.78. The third-order valence-corrected chi connectivity index (χ3v) is 5.28. The average Bonchev–Trinajstić information content (AvgIpc) is 2.78. The molecule has 30 heavy (non-hydrogen) atoms. The Bertz CT molecular complexity index is 1070. The van der Waals surface area contributed by atoms with Gasteiger partial charge in [0.1, 0.15) is 17.8 Å². The molecule has 0 unspecified atom stereocenters. The van der Waals surface area contributed by atoms with Crippen molar-refractivity contribution in [1.29, 1.82) is 0 Å². The van der Waals surface area contributed by atoms with Crippen LogP contribution in [0.1, 0.15) is 12.5 Å². The molecule has 0 aliphatic carbocycles. The van der Waals surface area contributed by atoms with Crippen molar-refractivity contribution in [2.75, 3.05) is 32.8 Å². The first-order valence-electron chi connectivity index (χ1n) is 10.2. The fourth-order valence-electron chi connectivity index (χ4n) is 3.63. The van der Waals surface area contributed by atoms with E-state index in [4.69, 9.17) is 4.74 Å². The van der Waals surface area contributed by atoms with Gasteiger partial charge in [-0.2, -0.15) is 0 Å². The lowest BCUT2D eigenvalue weighted by atomic mass is 10.2. The number of carbonyl (C=O) groups is 1. The van der Waals surface area contributed by atoms with Crippen molar-refractivity contribution in [3.63, 3.8) is 0 Å². The van der Waals surface area contributed by atoms with Crippen LogP contribution in [0.3, 0.4) is 0 Å². The second kappa shape index (κ2) is 9.04. The first-order chi connectivity index (χ1) is 14.6. The predicted octanol–water partition coefficient (Wildman–Crippen LogP) is 1.53. The average molecular weight is 407 g/mol. The summed E-state index contributed by atoms with van der Waals surface area (Å²) in [5, 5.41) is 8.43. The molecule has 1 aliphatic rings. The SMILES string of the molecule is CCOc1ccc(CN2CCN(C(=O)Cn3nnc4ccccc4c3=O)CC2)cc1. The molecular weight excluding hydrogens is 382 g/mol. The van der Waals surface area contributed by atoms with Crippen LogP contribution in [-0.4, -0.2) is 63.5 Å². The number of hydrogen-bond acceptors (Lipinski definition) is 6. The highest BCUT2D eigenvalue weighted by atomic mass is 16.5. The lowest BCUT2D eigenvalue weighted by Crippen LogP contribution is -2.49. The van der Waals surface area contributed by atoms with Gasteiger partial charge in [0.2, 0.25) is 5.91 Å². The topological polar surface area (TPSA) is 80.6 Å². The molecule has 1 saturated heterocycles. The van der Waals surface area contributed by atoms with Gasteiger partial charge < -0.3 is 9.64 Å². The van der Waals surface area contributed by atoms with Gasteiger partial charge in [0.15, 0.2) is 0 Å². The summed E-state index contributed by atoms with van der Waals surface area (Å²) in [5.74, 6) is 0.770. The van der Waals surface area contributed by atoms with Crippen LogP contribution in [0.2, 0.25) is 0 Å². The van der Waals surface area contributed by atoms with E-state index in [-0.39, 0.29) is 18.0 Å². The summed E-state index contributed by atoms with van der Waals surface area (Å²) in [7, 11) is 0. The molecule has 1 aromatic heterocycles. The van der Waals surface area contributed by atoms with Crippen molar-refractivity contribution in [3.05, 3.63) is 64.4 Å². The fourth-order valence-corrected chi connectivity index (χ4v) is 3.63. The summed E-state index contributed by atoms with van der Waals surface area (Å²) >= 11 is 0. The molecular formula is C22H25N5O3. The molecule has 1 amide bonds. The number of rotatable bonds is 6. The van der Waals surface area contributed by atoms with Gasteiger partial charge in [-0.25, -0.2) is 4.68 Å². The number of ether oxygens (including phenoxy) is 1. The summed E-state index contributed by atoms with van der Waals surface area (Å²) in [6.45, 7) is 6.22. The summed E-state index contributed by atoms with van der Waals surface area (Å²) < 4.78 is 6.63. The van der Waals surface area contributed by atoms with E-state index < -0.39 is 0 Å². The molecule has 0 radical (unpaired) electrons. The Balaban J connectivity index is 1.32. The Kier molecular flexibility index (Phi) is 6.04. The number of benzene rings is 2. The Hall–Kier alpha value is -3.26. The summed E-state index contributed by atoms with van der Waals surface area (Å²) in [5.41, 5.74) is 1.47. The lowest BCUT2D eigenvalue weighted by molar-refractivity contribution is -0.134. The van der Waals surface area contributed by atoms with Gasteiger partial charge in [-0.1, -0.05) is 29.5 Å². The minimum absolute atomic E-state index is 0.0877. The second-order valence-electron chi connectivity index (χ2n) is 7.30. The van der Waals surface area contributed by atoms with Crippen LogP contribution in [0.25, 0.3) is 10.9 Å². The maximum atomic E-state index is 12.7. The number of carbonyl (C=O) groups excluding carboxylic acids is 1. The molecule has 1 aliphatic heterocycles. The second-order valence-corrected chi connectivity index (χ2v) is 7.30. The summed E-state index contributed by atoms with van der Waals surface area (Å²) in [4.78, 5) is 29.3. The number of piperazine rings is 1. The van der Waals surface area contributed by atoms with Gasteiger partial charge in [-0.05, 0) is 36.8 Å². The van der Waals surface area contributed by atoms with Crippen LogP contribution < -0.4 is 10.3 Å². The Morgan fingerprint density at radius 2 is 1.77 bits per heavy atom. The van der Waals surface area contributed by atoms with Crippen LogP contribution >= 0.6 is 0 Å². The molecule has 2 heterocycles. The van der Waals surface area contributed by atoms with Crippen molar-refractivity contribution in [3.8, 4) is 5.75 Å². The van der Waals surface area contributed by atoms with E-state index in [9.17, 15) is 9.59 Å². The summed E-state index contributed by atoms with van der Waals surface area (Å²) in [6, 6.07) is 15.1. The molecule has 156 valence electrons. The zero-order valence-corrected chi connectivity index (χ0v) is 17.0. The zero-order valence-electron chi connectivity index (χ0n) is 17.0. The molecule has 8 nitrogen and oxygen atoms in total. The highest BCUT2D eigenvalue weighted by Gasteiger charge is 2.22. The van der Waals surface area contributed by atoms with E-state index in [0.717, 1.165) is 30.1 Å². The van der Waals surface area contributed by atoms with E-state index in [0.29, 0.717) is 30.6 Å². The number of aromatic nitrogens is 3. The fraction of sp³-hybridized carbons (Fsp3) is 0.364. The Morgan fingerprint density at radius 3 is 2.50 bits per heavy atom. The van der Waals surface area contributed by atoms with E-state index in [1.807, 2.05) is 19.1 Å². The first-order valence-corrected chi connectivity index (χ1v) is 10.2. The monoisotopic (exact) mass is 407 g/mol. The molecule has 2 aromatic carbocycles. The summed E-state index contributed by atoms with van der Waals surface area (Å²) in [6.07, 6.45) is 0. The maximum Gasteiger partial charge on any atom is 0.278 e. The van der Waals surface area contributed by atoms with E-state index >= 15 is 0 Å². The maximum absolute atomic E-state index is 12.7. The third kappa shape index (κ3) is 4.49. The van der Waals surface area contributed by atoms with E-state index in [2.05, 4.69) is 27.3 Å². The number of hydrogen-bond donors (Lipinski definition) is 0. The number of amides is 1. The molecule has 1 fully saturated rings. The van der Waals surface area contributed by atoms with Crippen molar-refractivity contribution in [2.24, 2.45) is 0 Å². The standard InChI is InChI=1S/C22H25N5O3/c1-2-30-18-9-7-17(8-10-18)15-25-11-13-26(14-12-25)21(28)16-27-22(29)19-5-3-4-6-20(19)23-24-27/h3-10H,2,11-16H2,1H3. The minimum atomic E-state index is -0.289. The molecule has 0 atom stereocenters. The smallest absolute Gasteiger partial charge is 0.278 e. The minimum Gasteiger partial charge on any atom is -0.494 e. The number of nitrogens with zero attached hydrogens (tertiary/aromatic N) is 5. The lowest BCUT2D eigenvalue weighted by Gasteiger charge is -2.34. The molecule has 0 N–H and O–H groups in total. The van der Waals surface area contributed by atoms with Gasteiger partial charge in [0, 0.05) is 32.7 Å². The molecule has 0 spiro atoms. The van der Waals surface area contributed by atoms with Gasteiger partial charge in [0.25, 0.3) is 5.56 Å². The van der Waals surface area contributed by atoms with Crippen LogP contribution in [0.15, 0.2) is 53.3 Å². The normalized spacial score (nSPS) is 14.8. The van der Waals surface area contributed by atoms with Crippen molar-refractivity contribution in [1.82, 2.24) is 24.8 Å².